The average molecular weight is 345 g/mol. The number of aryl methyl sites for hydroxylation is 2. The first-order chi connectivity index (χ1) is 11.4. The zero-order chi connectivity index (χ0) is 17.3. The van der Waals surface area contributed by atoms with Crippen molar-refractivity contribution in [2.75, 3.05) is 16.6 Å². The van der Waals surface area contributed by atoms with Crippen LogP contribution in [0.5, 0.6) is 5.75 Å². The van der Waals surface area contributed by atoms with Crippen molar-refractivity contribution in [1.82, 2.24) is 0 Å². The molecular weight excluding hydrogens is 326 g/mol. The van der Waals surface area contributed by atoms with E-state index >= 15 is 0 Å². The van der Waals surface area contributed by atoms with Gasteiger partial charge in [-0.15, -0.1) is 0 Å². The van der Waals surface area contributed by atoms with Crippen molar-refractivity contribution >= 4 is 21.7 Å². The fourth-order valence-electron chi connectivity index (χ4n) is 2.79. The maximum absolute atomic E-state index is 12.4. The van der Waals surface area contributed by atoms with E-state index in [1.807, 2.05) is 26.0 Å². The quantitative estimate of drug-likeness (QED) is 0.633. The molecule has 0 aliphatic carbocycles. The second-order valence-electron chi connectivity index (χ2n) is 5.95. The second-order valence-corrected chi connectivity index (χ2v) is 7.96. The van der Waals surface area contributed by atoms with E-state index < -0.39 is 16.0 Å². The predicted molar refractivity (Wildman–Crippen MR) is 93.1 cm³/mol. The maximum Gasteiger partial charge on any atom is 0.343 e. The van der Waals surface area contributed by atoms with Crippen LogP contribution in [0.2, 0.25) is 0 Å². The number of sulfonamides is 1. The summed E-state index contributed by atoms with van der Waals surface area (Å²) in [5.74, 6) is 0.148. The molecule has 24 heavy (non-hydrogen) atoms. The standard InChI is InChI=1S/C18H19NO4S/c1-13-7-8-17(14(2)11-13)23-18(20)15-5-3-6-16(12-15)19-9-4-10-24(19,21)22/h3,5-8,11-12H,4,9-10H2,1-2H3. The van der Waals surface area contributed by atoms with Gasteiger partial charge in [0.25, 0.3) is 0 Å². The summed E-state index contributed by atoms with van der Waals surface area (Å²) in [7, 11) is -3.27. The molecule has 3 rings (SSSR count). The molecule has 0 bridgehead atoms. The number of nitrogens with zero attached hydrogens (tertiary/aromatic N) is 1. The minimum absolute atomic E-state index is 0.143. The van der Waals surface area contributed by atoms with Crippen molar-refractivity contribution in [1.29, 1.82) is 0 Å². The summed E-state index contributed by atoms with van der Waals surface area (Å²) in [5.41, 5.74) is 2.80. The van der Waals surface area contributed by atoms with E-state index in [9.17, 15) is 13.2 Å². The summed E-state index contributed by atoms with van der Waals surface area (Å²) in [6.07, 6.45) is 0.597. The van der Waals surface area contributed by atoms with Gasteiger partial charge >= 0.3 is 5.97 Å². The second kappa shape index (κ2) is 6.28. The summed E-state index contributed by atoms with van der Waals surface area (Å²) in [6, 6.07) is 12.1. The van der Waals surface area contributed by atoms with Crippen LogP contribution in [0, 0.1) is 13.8 Å². The van der Waals surface area contributed by atoms with Crippen LogP contribution in [0.25, 0.3) is 0 Å². The van der Waals surface area contributed by atoms with Gasteiger partial charge in [0.1, 0.15) is 5.75 Å². The fraction of sp³-hybridized carbons (Fsp3) is 0.278. The average Bonchev–Trinajstić information content (AvgIpc) is 2.89. The largest absolute Gasteiger partial charge is 0.423 e. The summed E-state index contributed by atoms with van der Waals surface area (Å²) in [5, 5.41) is 0. The molecule has 1 aliphatic rings. The zero-order valence-corrected chi connectivity index (χ0v) is 14.5. The van der Waals surface area contributed by atoms with Crippen LogP contribution in [-0.4, -0.2) is 26.7 Å². The third kappa shape index (κ3) is 3.28. The van der Waals surface area contributed by atoms with E-state index in [0.29, 0.717) is 30.0 Å². The number of hydrogen-bond donors (Lipinski definition) is 0. The fourth-order valence-corrected chi connectivity index (χ4v) is 4.35. The van der Waals surface area contributed by atoms with Gasteiger partial charge in [0.15, 0.2) is 0 Å². The number of anilines is 1. The molecule has 0 N–H and O–H groups in total. The molecule has 0 spiro atoms. The number of rotatable bonds is 3. The minimum atomic E-state index is -3.27. The minimum Gasteiger partial charge on any atom is -0.423 e. The Hall–Kier alpha value is -2.34. The highest BCUT2D eigenvalue weighted by Gasteiger charge is 2.28. The van der Waals surface area contributed by atoms with Gasteiger partial charge in [0.2, 0.25) is 10.0 Å². The number of benzene rings is 2. The molecule has 1 aliphatic heterocycles. The number of carbonyl (C=O) groups is 1. The van der Waals surface area contributed by atoms with E-state index in [1.165, 1.54) is 4.31 Å². The van der Waals surface area contributed by atoms with Crippen LogP contribution in [-0.2, 0) is 10.0 Å². The van der Waals surface area contributed by atoms with E-state index in [4.69, 9.17) is 4.74 Å². The molecule has 0 aromatic heterocycles. The Labute approximate surface area is 141 Å². The lowest BCUT2D eigenvalue weighted by atomic mass is 10.1. The molecule has 2 aromatic carbocycles. The van der Waals surface area contributed by atoms with Crippen LogP contribution in [0.15, 0.2) is 42.5 Å². The molecule has 0 radical (unpaired) electrons. The van der Waals surface area contributed by atoms with Gasteiger partial charge in [-0.2, -0.15) is 0 Å². The van der Waals surface area contributed by atoms with Crippen LogP contribution < -0.4 is 9.04 Å². The molecule has 1 saturated heterocycles. The highest BCUT2D eigenvalue weighted by atomic mass is 32.2. The Morgan fingerprint density at radius 2 is 1.92 bits per heavy atom. The van der Waals surface area contributed by atoms with Crippen LogP contribution >= 0.6 is 0 Å². The van der Waals surface area contributed by atoms with Crippen molar-refractivity contribution < 1.29 is 17.9 Å². The van der Waals surface area contributed by atoms with Gasteiger partial charge in [-0.3, -0.25) is 4.31 Å². The smallest absolute Gasteiger partial charge is 0.343 e. The van der Waals surface area contributed by atoms with Gasteiger partial charge in [0, 0.05) is 6.54 Å². The third-order valence-electron chi connectivity index (χ3n) is 4.00. The maximum atomic E-state index is 12.4. The lowest BCUT2D eigenvalue weighted by Crippen LogP contribution is -2.25. The first-order valence-electron chi connectivity index (χ1n) is 7.77. The first kappa shape index (κ1) is 16.5. The number of ether oxygens (including phenoxy) is 1. The number of hydrogen-bond acceptors (Lipinski definition) is 4. The lowest BCUT2D eigenvalue weighted by Gasteiger charge is -2.17. The van der Waals surface area contributed by atoms with E-state index in [-0.39, 0.29) is 5.75 Å². The van der Waals surface area contributed by atoms with Gasteiger partial charge in [0.05, 0.1) is 17.0 Å². The van der Waals surface area contributed by atoms with Crippen LogP contribution in [0.3, 0.4) is 0 Å². The molecule has 0 unspecified atom stereocenters. The molecule has 1 fully saturated rings. The summed E-state index contributed by atoms with van der Waals surface area (Å²) < 4.78 is 30.8. The monoisotopic (exact) mass is 345 g/mol. The molecule has 0 amide bonds. The zero-order valence-electron chi connectivity index (χ0n) is 13.7. The molecule has 126 valence electrons. The normalized spacial score (nSPS) is 16.2. The van der Waals surface area contributed by atoms with Gasteiger partial charge in [-0.05, 0) is 50.1 Å². The number of carbonyl (C=O) groups excluding carboxylic acids is 1. The van der Waals surface area contributed by atoms with Gasteiger partial charge < -0.3 is 4.74 Å². The van der Waals surface area contributed by atoms with Crippen molar-refractivity contribution in [3.05, 3.63) is 59.2 Å². The Morgan fingerprint density at radius 1 is 1.12 bits per heavy atom. The molecule has 2 aromatic rings. The van der Waals surface area contributed by atoms with Gasteiger partial charge in [-0.25, -0.2) is 13.2 Å². The Kier molecular flexibility index (Phi) is 4.32. The molecule has 5 nitrogen and oxygen atoms in total. The summed E-state index contributed by atoms with van der Waals surface area (Å²) in [4.78, 5) is 12.4. The lowest BCUT2D eigenvalue weighted by molar-refractivity contribution is 0.0733. The Morgan fingerprint density at radius 3 is 2.58 bits per heavy atom. The van der Waals surface area contributed by atoms with Crippen LogP contribution in [0.4, 0.5) is 5.69 Å². The van der Waals surface area contributed by atoms with Crippen molar-refractivity contribution in [2.45, 2.75) is 20.3 Å². The Balaban J connectivity index is 1.84. The molecule has 1 heterocycles. The highest BCUT2D eigenvalue weighted by molar-refractivity contribution is 7.93. The predicted octanol–water partition coefficient (Wildman–Crippen LogP) is 3.06. The Bertz CT molecular complexity index is 890. The molecule has 0 atom stereocenters. The summed E-state index contributed by atoms with van der Waals surface area (Å²) in [6.45, 7) is 4.29. The van der Waals surface area contributed by atoms with E-state index in [1.54, 1.807) is 30.3 Å². The van der Waals surface area contributed by atoms with Crippen molar-refractivity contribution in [2.24, 2.45) is 0 Å². The van der Waals surface area contributed by atoms with E-state index in [0.717, 1.165) is 11.1 Å². The van der Waals surface area contributed by atoms with Gasteiger partial charge in [-0.1, -0.05) is 23.8 Å². The first-order valence-corrected chi connectivity index (χ1v) is 9.38. The third-order valence-corrected chi connectivity index (χ3v) is 5.87. The molecule has 6 heteroatoms. The van der Waals surface area contributed by atoms with E-state index in [2.05, 4.69) is 0 Å². The molecular formula is C18H19NO4S. The highest BCUT2D eigenvalue weighted by Crippen LogP contribution is 2.26. The summed E-state index contributed by atoms with van der Waals surface area (Å²) >= 11 is 0. The van der Waals surface area contributed by atoms with Crippen molar-refractivity contribution in [3.8, 4) is 5.75 Å². The van der Waals surface area contributed by atoms with Crippen LogP contribution in [0.1, 0.15) is 27.9 Å². The number of esters is 1. The molecule has 0 saturated carbocycles. The van der Waals surface area contributed by atoms with Crippen molar-refractivity contribution in [3.63, 3.8) is 0 Å². The topological polar surface area (TPSA) is 63.7 Å². The SMILES string of the molecule is Cc1ccc(OC(=O)c2cccc(N3CCCS3(=O)=O)c2)c(C)c1.